The van der Waals surface area contributed by atoms with Gasteiger partial charge in [-0.3, -0.25) is 0 Å². The Kier molecular flexibility index (Phi) is 17.1. The summed E-state index contributed by atoms with van der Waals surface area (Å²) in [6.45, 7) is 5.75. The lowest BCUT2D eigenvalue weighted by atomic mass is 10.1. The summed E-state index contributed by atoms with van der Waals surface area (Å²) < 4.78 is 1.11. The molecule has 0 aliphatic rings. The van der Waals surface area contributed by atoms with Gasteiger partial charge in [0.1, 0.15) is 0 Å². The summed E-state index contributed by atoms with van der Waals surface area (Å²) in [6, 6.07) is 0. The van der Waals surface area contributed by atoms with Crippen molar-refractivity contribution in [3.8, 4) is 0 Å². The van der Waals surface area contributed by atoms with Gasteiger partial charge >= 0.3 is 0 Å². The zero-order valence-electron chi connectivity index (χ0n) is 15.2. The molecule has 128 valence electrons. The highest BCUT2D eigenvalue weighted by Gasteiger charge is 2.03. The van der Waals surface area contributed by atoms with Crippen LogP contribution in [-0.2, 0) is 4.79 Å². The number of carboxylic acids is 1. The quantitative estimate of drug-likeness (QED) is 0.407. The van der Waals surface area contributed by atoms with E-state index in [0.29, 0.717) is 0 Å². The van der Waals surface area contributed by atoms with E-state index in [1.165, 1.54) is 57.9 Å². The summed E-state index contributed by atoms with van der Waals surface area (Å²) >= 11 is 0. The van der Waals surface area contributed by atoms with Crippen molar-refractivity contribution in [3.63, 3.8) is 0 Å². The zero-order chi connectivity index (χ0) is 16.6. The number of hydrogen-bond donors (Lipinski definition) is 0. The predicted molar refractivity (Wildman–Crippen MR) is 90.0 cm³/mol. The zero-order valence-corrected chi connectivity index (χ0v) is 15.2. The highest BCUT2D eigenvalue weighted by Crippen LogP contribution is 2.07. The van der Waals surface area contributed by atoms with Gasteiger partial charge in [-0.05, 0) is 25.7 Å². The normalized spacial score (nSPS) is 10.9. The number of unbranched alkanes of at least 4 members (excludes halogenated alkanes) is 8. The van der Waals surface area contributed by atoms with Crippen LogP contribution in [-0.4, -0.2) is 38.1 Å². The van der Waals surface area contributed by atoms with Crippen molar-refractivity contribution >= 4 is 5.97 Å². The van der Waals surface area contributed by atoms with E-state index in [4.69, 9.17) is 0 Å². The molecule has 0 aromatic heterocycles. The molecule has 0 N–H and O–H groups in total. The maximum atomic E-state index is 10.0. The summed E-state index contributed by atoms with van der Waals surface area (Å²) in [5.41, 5.74) is 0. The molecule has 0 rings (SSSR count). The third-order valence-corrected chi connectivity index (χ3v) is 3.42. The van der Waals surface area contributed by atoms with Crippen LogP contribution in [0.3, 0.4) is 0 Å². The fraction of sp³-hybridized carbons (Fsp3) is 0.944. The number of quaternary nitrogens is 1. The molecule has 0 aliphatic carbocycles. The van der Waals surface area contributed by atoms with Crippen molar-refractivity contribution in [2.45, 2.75) is 84.5 Å². The number of nitrogens with zero attached hydrogens (tertiary/aromatic N) is 1. The monoisotopic (exact) mass is 301 g/mol. The number of rotatable bonds is 12. The molecule has 0 aromatic rings. The molecule has 0 saturated heterocycles. The van der Waals surface area contributed by atoms with Gasteiger partial charge in [0.2, 0.25) is 0 Å². The first kappa shape index (κ1) is 22.7. The Morgan fingerprint density at radius 2 is 1.19 bits per heavy atom. The maximum absolute atomic E-state index is 10.0. The van der Waals surface area contributed by atoms with Crippen molar-refractivity contribution in [1.82, 2.24) is 0 Å². The molecule has 0 atom stereocenters. The number of carbonyl (C=O) groups is 1. The minimum absolute atomic E-state index is 0.230. The lowest BCUT2D eigenvalue weighted by molar-refractivity contribution is -0.870. The van der Waals surface area contributed by atoms with Crippen LogP contribution in [0.1, 0.15) is 84.5 Å². The molecule has 0 bridgehead atoms. The SMILES string of the molecule is CCCCCCCCCC(=O)[O-].CCCCC[N+](C)(C)C. The molecule has 0 radical (unpaired) electrons. The molecule has 0 heterocycles. The van der Waals surface area contributed by atoms with Crippen molar-refractivity contribution in [2.24, 2.45) is 0 Å². The van der Waals surface area contributed by atoms with Crippen LogP contribution < -0.4 is 5.11 Å². The second kappa shape index (κ2) is 15.8. The van der Waals surface area contributed by atoms with Crippen molar-refractivity contribution in [1.29, 1.82) is 0 Å². The first-order valence-corrected chi connectivity index (χ1v) is 8.83. The summed E-state index contributed by atoms with van der Waals surface area (Å²) in [5, 5.41) is 10.0. The Morgan fingerprint density at radius 1 is 0.762 bits per heavy atom. The average Bonchev–Trinajstić information content (AvgIpc) is 2.37. The molecule has 0 spiro atoms. The molecule has 0 amide bonds. The van der Waals surface area contributed by atoms with Crippen LogP contribution in [0.2, 0.25) is 0 Å². The Hall–Kier alpha value is -0.570. The van der Waals surface area contributed by atoms with Gasteiger partial charge in [0, 0.05) is 5.97 Å². The highest BCUT2D eigenvalue weighted by atomic mass is 16.4. The predicted octanol–water partition coefficient (Wildman–Crippen LogP) is 3.76. The first-order chi connectivity index (χ1) is 9.83. The van der Waals surface area contributed by atoms with Gasteiger partial charge < -0.3 is 14.4 Å². The number of carbonyl (C=O) groups excluding carboxylic acids is 1. The highest BCUT2D eigenvalue weighted by molar-refractivity contribution is 5.63. The average molecular weight is 302 g/mol. The standard InChI is InChI=1S/C10H20O2.C8H20N/c1-2-3-4-5-6-7-8-9-10(11)12;1-5-6-7-8-9(2,3)4/h2-9H2,1H3,(H,11,12);5-8H2,1-4H3/q;+1/p-1. The molecular formula is C18H39NO2. The van der Waals surface area contributed by atoms with E-state index < -0.39 is 5.97 Å². The van der Waals surface area contributed by atoms with E-state index in [1.54, 1.807) is 0 Å². The van der Waals surface area contributed by atoms with Crippen LogP contribution in [0.5, 0.6) is 0 Å². The number of carboxylic acid groups (broad SMARTS) is 1. The second-order valence-corrected chi connectivity index (χ2v) is 6.96. The van der Waals surface area contributed by atoms with E-state index >= 15 is 0 Å². The van der Waals surface area contributed by atoms with Crippen LogP contribution >= 0.6 is 0 Å². The summed E-state index contributed by atoms with van der Waals surface area (Å²) in [5.74, 6) is -0.913. The number of aliphatic carboxylic acids is 1. The topological polar surface area (TPSA) is 40.1 Å². The molecule has 21 heavy (non-hydrogen) atoms. The second-order valence-electron chi connectivity index (χ2n) is 6.96. The Bertz CT molecular complexity index is 222. The van der Waals surface area contributed by atoms with Crippen LogP contribution in [0.15, 0.2) is 0 Å². The van der Waals surface area contributed by atoms with E-state index in [9.17, 15) is 9.90 Å². The Morgan fingerprint density at radius 3 is 1.62 bits per heavy atom. The van der Waals surface area contributed by atoms with Crippen molar-refractivity contribution in [3.05, 3.63) is 0 Å². The van der Waals surface area contributed by atoms with Crippen LogP contribution in [0, 0.1) is 0 Å². The van der Waals surface area contributed by atoms with Crippen molar-refractivity contribution < 1.29 is 14.4 Å². The van der Waals surface area contributed by atoms with Crippen LogP contribution in [0.4, 0.5) is 0 Å². The molecular weight excluding hydrogens is 262 g/mol. The van der Waals surface area contributed by atoms with Gasteiger partial charge in [-0.2, -0.15) is 0 Å². The fourth-order valence-corrected chi connectivity index (χ4v) is 2.06. The lowest BCUT2D eigenvalue weighted by Gasteiger charge is -2.23. The molecule has 0 aromatic carbocycles. The third kappa shape index (κ3) is 28.3. The van der Waals surface area contributed by atoms with E-state index in [0.717, 1.165) is 17.3 Å². The minimum atomic E-state index is -0.913. The van der Waals surface area contributed by atoms with Gasteiger partial charge in [-0.25, -0.2) is 0 Å². The number of hydrogen-bond acceptors (Lipinski definition) is 2. The Balaban J connectivity index is 0. The van der Waals surface area contributed by atoms with Crippen LogP contribution in [0.25, 0.3) is 0 Å². The molecule has 3 heteroatoms. The van der Waals surface area contributed by atoms with Gasteiger partial charge in [0.25, 0.3) is 0 Å². The largest absolute Gasteiger partial charge is 0.550 e. The fourth-order valence-electron chi connectivity index (χ4n) is 2.06. The van der Waals surface area contributed by atoms with Gasteiger partial charge in [0.05, 0.1) is 27.7 Å². The van der Waals surface area contributed by atoms with Crippen molar-refractivity contribution in [2.75, 3.05) is 27.7 Å². The van der Waals surface area contributed by atoms with E-state index in [1.807, 2.05) is 0 Å². The van der Waals surface area contributed by atoms with Gasteiger partial charge in [-0.1, -0.05) is 58.8 Å². The third-order valence-electron chi connectivity index (χ3n) is 3.42. The van der Waals surface area contributed by atoms with Gasteiger partial charge in [0.15, 0.2) is 0 Å². The summed E-state index contributed by atoms with van der Waals surface area (Å²) in [6.07, 6.45) is 12.4. The summed E-state index contributed by atoms with van der Waals surface area (Å²) in [4.78, 5) is 10.0. The Labute approximate surface area is 133 Å². The maximum Gasteiger partial charge on any atom is 0.0780 e. The smallest absolute Gasteiger partial charge is 0.0780 e. The molecule has 3 nitrogen and oxygen atoms in total. The van der Waals surface area contributed by atoms with Gasteiger partial charge in [-0.15, -0.1) is 0 Å². The molecule has 0 saturated carbocycles. The first-order valence-electron chi connectivity index (χ1n) is 8.83. The molecule has 0 fully saturated rings. The molecule has 0 aliphatic heterocycles. The minimum Gasteiger partial charge on any atom is -0.550 e. The van der Waals surface area contributed by atoms with E-state index in [-0.39, 0.29) is 6.42 Å². The molecule has 0 unspecified atom stereocenters. The lowest BCUT2D eigenvalue weighted by Crippen LogP contribution is -2.35. The summed E-state index contributed by atoms with van der Waals surface area (Å²) in [7, 11) is 6.74. The van der Waals surface area contributed by atoms with E-state index in [2.05, 4.69) is 35.0 Å².